The average molecular weight is 338 g/mol. The Morgan fingerprint density at radius 3 is 2.46 bits per heavy atom. The van der Waals surface area contributed by atoms with Crippen molar-refractivity contribution in [3.8, 4) is 0 Å². The fourth-order valence-electron chi connectivity index (χ4n) is 2.25. The molecule has 1 heterocycles. The zero-order valence-electron chi connectivity index (χ0n) is 13.1. The molecule has 0 fully saturated rings. The van der Waals surface area contributed by atoms with Crippen LogP contribution in [0.15, 0.2) is 66.9 Å². The summed E-state index contributed by atoms with van der Waals surface area (Å²) in [5, 5.41) is 6.69. The number of rotatable bonds is 4. The van der Waals surface area contributed by atoms with E-state index in [-0.39, 0.29) is 5.91 Å². The normalized spacial score (nSPS) is 10.2. The Morgan fingerprint density at radius 2 is 1.71 bits per heavy atom. The van der Waals surface area contributed by atoms with Crippen molar-refractivity contribution in [1.29, 1.82) is 0 Å². The molecular formula is C19H16ClN3O. The summed E-state index contributed by atoms with van der Waals surface area (Å²) in [6, 6.07) is 18.5. The molecule has 1 amide bonds. The van der Waals surface area contributed by atoms with Crippen LogP contribution in [0.25, 0.3) is 0 Å². The molecule has 3 rings (SSSR count). The molecule has 0 aliphatic rings. The lowest BCUT2D eigenvalue weighted by Crippen LogP contribution is -2.13. The second-order valence-electron chi connectivity index (χ2n) is 5.39. The van der Waals surface area contributed by atoms with Crippen LogP contribution in [0.4, 0.5) is 17.1 Å². The van der Waals surface area contributed by atoms with Crippen LogP contribution in [0, 0.1) is 6.92 Å². The van der Waals surface area contributed by atoms with E-state index in [1.54, 1.807) is 36.5 Å². The van der Waals surface area contributed by atoms with Crippen LogP contribution in [0.5, 0.6) is 0 Å². The number of aryl methyl sites for hydroxylation is 1. The first kappa shape index (κ1) is 16.0. The number of carbonyl (C=O) groups is 1. The van der Waals surface area contributed by atoms with Crippen molar-refractivity contribution < 1.29 is 4.79 Å². The minimum Gasteiger partial charge on any atom is -0.355 e. The molecule has 0 aliphatic carbocycles. The number of benzene rings is 2. The van der Waals surface area contributed by atoms with Gasteiger partial charge < -0.3 is 10.6 Å². The molecule has 0 unspecified atom stereocenters. The largest absolute Gasteiger partial charge is 0.355 e. The molecule has 0 saturated carbocycles. The van der Waals surface area contributed by atoms with Gasteiger partial charge in [-0.2, -0.15) is 0 Å². The number of aromatic nitrogens is 1. The van der Waals surface area contributed by atoms with Gasteiger partial charge in [-0.3, -0.25) is 9.78 Å². The first-order valence-electron chi connectivity index (χ1n) is 7.47. The molecule has 2 N–H and O–H groups in total. The Hall–Kier alpha value is -2.85. The number of nitrogens with zero attached hydrogens (tertiary/aromatic N) is 1. The highest BCUT2D eigenvalue weighted by Gasteiger charge is 2.08. The third-order valence-electron chi connectivity index (χ3n) is 3.40. The minimum absolute atomic E-state index is 0.273. The van der Waals surface area contributed by atoms with E-state index < -0.39 is 0 Å². The summed E-state index contributed by atoms with van der Waals surface area (Å²) in [4.78, 5) is 16.5. The number of hydrogen-bond acceptors (Lipinski definition) is 3. The summed E-state index contributed by atoms with van der Waals surface area (Å²) in [7, 11) is 0. The van der Waals surface area contributed by atoms with Crippen molar-refractivity contribution in [2.24, 2.45) is 0 Å². The van der Waals surface area contributed by atoms with Crippen LogP contribution in [-0.4, -0.2) is 10.9 Å². The average Bonchev–Trinajstić information content (AvgIpc) is 2.57. The van der Waals surface area contributed by atoms with Crippen molar-refractivity contribution >= 4 is 34.6 Å². The molecular weight excluding hydrogens is 322 g/mol. The monoisotopic (exact) mass is 337 g/mol. The first-order valence-corrected chi connectivity index (χ1v) is 7.84. The Morgan fingerprint density at radius 1 is 0.958 bits per heavy atom. The van der Waals surface area contributed by atoms with Crippen molar-refractivity contribution in [3.63, 3.8) is 0 Å². The van der Waals surface area contributed by atoms with E-state index in [1.165, 1.54) is 0 Å². The number of amides is 1. The molecule has 0 aliphatic heterocycles. The zero-order chi connectivity index (χ0) is 16.9. The summed E-state index contributed by atoms with van der Waals surface area (Å²) in [5.74, 6) is -0.273. The summed E-state index contributed by atoms with van der Waals surface area (Å²) < 4.78 is 0. The maximum absolute atomic E-state index is 12.3. The second kappa shape index (κ2) is 7.15. The predicted molar refractivity (Wildman–Crippen MR) is 98.1 cm³/mol. The molecule has 0 bridgehead atoms. The molecule has 1 aromatic heterocycles. The van der Waals surface area contributed by atoms with E-state index >= 15 is 0 Å². The lowest BCUT2D eigenvalue weighted by atomic mass is 10.2. The molecule has 0 atom stereocenters. The quantitative estimate of drug-likeness (QED) is 0.701. The van der Waals surface area contributed by atoms with Crippen LogP contribution >= 0.6 is 11.6 Å². The Kier molecular flexibility index (Phi) is 4.77. The molecule has 120 valence electrons. The van der Waals surface area contributed by atoms with Gasteiger partial charge in [-0.1, -0.05) is 23.7 Å². The number of carbonyl (C=O) groups excluding carboxylic acids is 1. The maximum atomic E-state index is 12.3. The zero-order valence-corrected chi connectivity index (χ0v) is 13.8. The van der Waals surface area contributed by atoms with Crippen LogP contribution in [-0.2, 0) is 0 Å². The summed E-state index contributed by atoms with van der Waals surface area (Å²) in [5.41, 5.74) is 3.93. The highest BCUT2D eigenvalue weighted by molar-refractivity contribution is 6.30. The van der Waals surface area contributed by atoms with E-state index in [2.05, 4.69) is 15.6 Å². The molecule has 0 saturated heterocycles. The van der Waals surface area contributed by atoms with Gasteiger partial charge in [0.05, 0.1) is 0 Å². The predicted octanol–water partition coefficient (Wildman–Crippen LogP) is 5.04. The van der Waals surface area contributed by atoms with Gasteiger partial charge in [-0.15, -0.1) is 0 Å². The lowest BCUT2D eigenvalue weighted by Gasteiger charge is -2.09. The number of anilines is 3. The molecule has 4 nitrogen and oxygen atoms in total. The molecule has 3 aromatic rings. The molecule has 0 radical (unpaired) electrons. The van der Waals surface area contributed by atoms with Crippen LogP contribution < -0.4 is 10.6 Å². The highest BCUT2D eigenvalue weighted by atomic mass is 35.5. The van der Waals surface area contributed by atoms with Gasteiger partial charge in [0.2, 0.25) is 0 Å². The van der Waals surface area contributed by atoms with Crippen LogP contribution in [0.3, 0.4) is 0 Å². The fraction of sp³-hybridized carbons (Fsp3) is 0.0526. The van der Waals surface area contributed by atoms with E-state index in [9.17, 15) is 4.79 Å². The lowest BCUT2D eigenvalue weighted by molar-refractivity contribution is 0.102. The van der Waals surface area contributed by atoms with Crippen molar-refractivity contribution in [1.82, 2.24) is 4.98 Å². The van der Waals surface area contributed by atoms with Crippen LogP contribution in [0.2, 0.25) is 5.02 Å². The Bertz CT molecular complexity index is 862. The van der Waals surface area contributed by atoms with Gasteiger partial charge in [0, 0.05) is 28.3 Å². The smallest absolute Gasteiger partial charge is 0.274 e. The van der Waals surface area contributed by atoms with Gasteiger partial charge >= 0.3 is 0 Å². The van der Waals surface area contributed by atoms with Gasteiger partial charge in [-0.05, 0) is 61.0 Å². The van der Waals surface area contributed by atoms with Crippen molar-refractivity contribution in [3.05, 3.63) is 83.1 Å². The summed E-state index contributed by atoms with van der Waals surface area (Å²) in [6.45, 7) is 2.03. The van der Waals surface area contributed by atoms with E-state index in [1.807, 2.05) is 37.3 Å². The van der Waals surface area contributed by atoms with Crippen LogP contribution in [0.1, 0.15) is 16.1 Å². The second-order valence-corrected chi connectivity index (χ2v) is 5.82. The van der Waals surface area contributed by atoms with Gasteiger partial charge in [0.1, 0.15) is 5.69 Å². The number of pyridine rings is 1. The third kappa shape index (κ3) is 4.12. The van der Waals surface area contributed by atoms with Gasteiger partial charge in [-0.25, -0.2) is 0 Å². The SMILES string of the molecule is Cc1cccc(Nc2ccnc(C(=O)Nc3ccc(Cl)cc3)c2)c1. The number of halogens is 1. The topological polar surface area (TPSA) is 54.0 Å². The van der Waals surface area contributed by atoms with E-state index in [0.717, 1.165) is 16.9 Å². The molecule has 2 aromatic carbocycles. The molecule has 5 heteroatoms. The third-order valence-corrected chi connectivity index (χ3v) is 3.65. The first-order chi connectivity index (χ1) is 11.6. The number of hydrogen-bond donors (Lipinski definition) is 2. The standard InChI is InChI=1S/C19H16ClN3O/c1-13-3-2-4-16(11-13)22-17-9-10-21-18(12-17)19(24)23-15-7-5-14(20)6-8-15/h2-12H,1H3,(H,21,22)(H,23,24). The van der Waals surface area contributed by atoms with E-state index in [4.69, 9.17) is 11.6 Å². The maximum Gasteiger partial charge on any atom is 0.274 e. The van der Waals surface area contributed by atoms with Gasteiger partial charge in [0.25, 0.3) is 5.91 Å². The number of nitrogens with one attached hydrogen (secondary N) is 2. The Balaban J connectivity index is 1.74. The minimum atomic E-state index is -0.273. The molecule has 24 heavy (non-hydrogen) atoms. The summed E-state index contributed by atoms with van der Waals surface area (Å²) >= 11 is 5.84. The Labute approximate surface area is 145 Å². The molecule has 0 spiro atoms. The summed E-state index contributed by atoms with van der Waals surface area (Å²) in [6.07, 6.45) is 1.61. The van der Waals surface area contributed by atoms with Crippen molar-refractivity contribution in [2.75, 3.05) is 10.6 Å². The fourth-order valence-corrected chi connectivity index (χ4v) is 2.38. The van der Waals surface area contributed by atoms with E-state index in [0.29, 0.717) is 16.4 Å². The highest BCUT2D eigenvalue weighted by Crippen LogP contribution is 2.19. The van der Waals surface area contributed by atoms with Gasteiger partial charge in [0.15, 0.2) is 0 Å². The van der Waals surface area contributed by atoms with Crippen molar-refractivity contribution in [2.45, 2.75) is 6.92 Å².